The zero-order valence-electron chi connectivity index (χ0n) is 21.0. The lowest BCUT2D eigenvalue weighted by molar-refractivity contribution is -0.126. The number of rotatable bonds is 7. The second kappa shape index (κ2) is 10.6. The number of carbonyl (C=O) groups excluding carboxylic acids is 1. The van der Waals surface area contributed by atoms with Crippen LogP contribution in [0.4, 0.5) is 17.3 Å². The van der Waals surface area contributed by atoms with E-state index in [1.54, 1.807) is 11.1 Å². The summed E-state index contributed by atoms with van der Waals surface area (Å²) in [5, 5.41) is 3.39. The molecule has 1 aromatic carbocycles. The van der Waals surface area contributed by atoms with Gasteiger partial charge in [-0.2, -0.15) is 0 Å². The summed E-state index contributed by atoms with van der Waals surface area (Å²) in [6, 6.07) is 13.7. The van der Waals surface area contributed by atoms with Crippen molar-refractivity contribution in [3.05, 3.63) is 78.9 Å². The Hall–Kier alpha value is -4.53. The minimum Gasteiger partial charge on any atom is -0.455 e. The highest BCUT2D eigenvalue weighted by molar-refractivity contribution is 5.88. The Balaban J connectivity index is 1.33. The predicted octanol–water partition coefficient (Wildman–Crippen LogP) is 4.66. The third kappa shape index (κ3) is 5.35. The van der Waals surface area contributed by atoms with Crippen LogP contribution in [0.1, 0.15) is 18.2 Å². The van der Waals surface area contributed by atoms with Crippen LogP contribution in [0.3, 0.4) is 0 Å². The van der Waals surface area contributed by atoms with Crippen molar-refractivity contribution < 1.29 is 9.53 Å². The Bertz CT molecular complexity index is 1430. The highest BCUT2D eigenvalue weighted by Crippen LogP contribution is 2.30. The molecule has 4 aromatic rings. The van der Waals surface area contributed by atoms with E-state index < -0.39 is 0 Å². The first-order valence-corrected chi connectivity index (χ1v) is 12.3. The fourth-order valence-electron chi connectivity index (χ4n) is 4.27. The summed E-state index contributed by atoms with van der Waals surface area (Å²) in [5.74, 6) is 2.88. The van der Waals surface area contributed by atoms with Crippen molar-refractivity contribution in [2.24, 2.45) is 0 Å². The van der Waals surface area contributed by atoms with Crippen LogP contribution >= 0.6 is 0 Å². The van der Waals surface area contributed by atoms with E-state index in [0.717, 1.165) is 40.4 Å². The Morgan fingerprint density at radius 2 is 1.92 bits per heavy atom. The fourth-order valence-corrected chi connectivity index (χ4v) is 4.27. The number of aryl methyl sites for hydroxylation is 2. The molecule has 1 amide bonds. The Morgan fingerprint density at radius 3 is 2.62 bits per heavy atom. The van der Waals surface area contributed by atoms with Crippen LogP contribution in [0, 0.1) is 6.92 Å². The van der Waals surface area contributed by atoms with Gasteiger partial charge >= 0.3 is 0 Å². The van der Waals surface area contributed by atoms with Gasteiger partial charge in [-0.05, 0) is 67.4 Å². The summed E-state index contributed by atoms with van der Waals surface area (Å²) < 4.78 is 6.03. The van der Waals surface area contributed by atoms with Crippen LogP contribution in [0.25, 0.3) is 11.0 Å². The summed E-state index contributed by atoms with van der Waals surface area (Å²) in [4.78, 5) is 34.0. The first-order valence-electron chi connectivity index (χ1n) is 12.3. The van der Waals surface area contributed by atoms with E-state index >= 15 is 0 Å². The van der Waals surface area contributed by atoms with Gasteiger partial charge in [0, 0.05) is 37.6 Å². The SMILES string of the molecule is C=CC(=O)N1CCN(c2ccc3ncnc(Nc4ccc(Oc5ccc(CC)nc5)c(C)c4)c3n2)CC1. The van der Waals surface area contributed by atoms with E-state index in [-0.39, 0.29) is 5.91 Å². The van der Waals surface area contributed by atoms with Gasteiger partial charge in [-0.1, -0.05) is 13.5 Å². The second-order valence-corrected chi connectivity index (χ2v) is 8.82. The Kier molecular flexibility index (Phi) is 6.93. The van der Waals surface area contributed by atoms with Gasteiger partial charge in [0.15, 0.2) is 5.82 Å². The summed E-state index contributed by atoms with van der Waals surface area (Å²) in [7, 11) is 0. The summed E-state index contributed by atoms with van der Waals surface area (Å²) in [6.45, 7) is 10.3. The van der Waals surface area contributed by atoms with E-state index in [2.05, 4.69) is 38.7 Å². The number of nitrogens with zero attached hydrogens (tertiary/aromatic N) is 6. The molecule has 5 rings (SSSR count). The fraction of sp³-hybridized carbons (Fsp3) is 0.250. The zero-order valence-corrected chi connectivity index (χ0v) is 21.0. The molecule has 0 bridgehead atoms. The van der Waals surface area contributed by atoms with Crippen LogP contribution in [0.15, 0.2) is 67.6 Å². The van der Waals surface area contributed by atoms with E-state index in [1.165, 1.54) is 12.4 Å². The topological polar surface area (TPSA) is 96.4 Å². The quantitative estimate of drug-likeness (QED) is 0.370. The van der Waals surface area contributed by atoms with Gasteiger partial charge in [-0.3, -0.25) is 9.78 Å². The number of benzene rings is 1. The molecule has 1 saturated heterocycles. The predicted molar refractivity (Wildman–Crippen MR) is 144 cm³/mol. The van der Waals surface area contributed by atoms with Crippen LogP contribution in [-0.4, -0.2) is 56.9 Å². The van der Waals surface area contributed by atoms with Gasteiger partial charge in [-0.25, -0.2) is 15.0 Å². The second-order valence-electron chi connectivity index (χ2n) is 8.82. The number of hydrogen-bond acceptors (Lipinski definition) is 8. The number of hydrogen-bond donors (Lipinski definition) is 1. The number of piperazine rings is 1. The molecule has 3 aromatic heterocycles. The molecular weight excluding hydrogens is 466 g/mol. The number of fused-ring (bicyclic) bond motifs is 1. The van der Waals surface area contributed by atoms with Crippen LogP contribution in [0.2, 0.25) is 0 Å². The molecule has 0 atom stereocenters. The molecule has 0 aliphatic carbocycles. The number of carbonyl (C=O) groups is 1. The number of nitrogens with one attached hydrogen (secondary N) is 1. The van der Waals surface area contributed by atoms with Crippen molar-refractivity contribution in [3.8, 4) is 11.5 Å². The summed E-state index contributed by atoms with van der Waals surface area (Å²) in [5.41, 5.74) is 4.31. The Labute approximate surface area is 215 Å². The standard InChI is InChI=1S/C28H29N7O2/c1-4-20-6-8-22(17-29-20)37-24-10-7-21(16-19(24)3)32-28-27-23(30-18-31-28)9-11-25(33-27)34-12-14-35(15-13-34)26(36)5-2/h5-11,16-18H,2,4,12-15H2,1,3H3,(H,30,31,32). The molecular formula is C28H29N7O2. The van der Waals surface area contributed by atoms with Gasteiger partial charge in [0.25, 0.3) is 0 Å². The molecule has 188 valence electrons. The first kappa shape index (κ1) is 24.2. The van der Waals surface area contributed by atoms with Gasteiger partial charge in [0.2, 0.25) is 5.91 Å². The van der Waals surface area contributed by atoms with E-state index in [1.807, 2.05) is 49.4 Å². The molecule has 4 heterocycles. The average Bonchev–Trinajstić information content (AvgIpc) is 2.94. The average molecular weight is 496 g/mol. The zero-order chi connectivity index (χ0) is 25.8. The number of pyridine rings is 2. The Morgan fingerprint density at radius 1 is 1.08 bits per heavy atom. The lowest BCUT2D eigenvalue weighted by Gasteiger charge is -2.35. The molecule has 1 aliphatic rings. The van der Waals surface area contributed by atoms with Crippen molar-refractivity contribution >= 4 is 34.3 Å². The van der Waals surface area contributed by atoms with Crippen molar-refractivity contribution in [3.63, 3.8) is 0 Å². The number of ether oxygens (including phenoxy) is 1. The van der Waals surface area contributed by atoms with Crippen molar-refractivity contribution in [1.82, 2.24) is 24.8 Å². The highest BCUT2D eigenvalue weighted by Gasteiger charge is 2.21. The van der Waals surface area contributed by atoms with E-state index in [9.17, 15) is 4.79 Å². The maximum atomic E-state index is 11.9. The molecule has 0 spiro atoms. The molecule has 37 heavy (non-hydrogen) atoms. The van der Waals surface area contributed by atoms with E-state index in [0.29, 0.717) is 43.3 Å². The van der Waals surface area contributed by atoms with Gasteiger partial charge in [-0.15, -0.1) is 0 Å². The molecule has 1 fully saturated rings. The molecule has 0 saturated carbocycles. The van der Waals surface area contributed by atoms with Crippen LogP contribution < -0.4 is 15.0 Å². The lowest BCUT2D eigenvalue weighted by atomic mass is 10.2. The van der Waals surface area contributed by atoms with E-state index in [4.69, 9.17) is 9.72 Å². The number of anilines is 3. The first-order chi connectivity index (χ1) is 18.0. The molecule has 1 aliphatic heterocycles. The van der Waals surface area contributed by atoms with Crippen molar-refractivity contribution in [2.45, 2.75) is 20.3 Å². The maximum Gasteiger partial charge on any atom is 0.246 e. The molecule has 0 unspecified atom stereocenters. The normalized spacial score (nSPS) is 13.5. The van der Waals surface area contributed by atoms with Crippen LogP contribution in [0.5, 0.6) is 11.5 Å². The minimum atomic E-state index is -0.0382. The smallest absolute Gasteiger partial charge is 0.246 e. The monoisotopic (exact) mass is 495 g/mol. The van der Waals surface area contributed by atoms with Gasteiger partial charge < -0.3 is 19.9 Å². The molecule has 0 radical (unpaired) electrons. The number of aromatic nitrogens is 4. The summed E-state index contributed by atoms with van der Waals surface area (Å²) >= 11 is 0. The molecule has 9 heteroatoms. The number of amides is 1. The van der Waals surface area contributed by atoms with Gasteiger partial charge in [0.05, 0.1) is 11.7 Å². The van der Waals surface area contributed by atoms with Crippen LogP contribution in [-0.2, 0) is 11.2 Å². The molecule has 1 N–H and O–H groups in total. The highest BCUT2D eigenvalue weighted by atomic mass is 16.5. The maximum absolute atomic E-state index is 11.9. The third-order valence-electron chi connectivity index (χ3n) is 6.38. The third-order valence-corrected chi connectivity index (χ3v) is 6.38. The largest absolute Gasteiger partial charge is 0.455 e. The summed E-state index contributed by atoms with van der Waals surface area (Å²) in [6.07, 6.45) is 5.53. The van der Waals surface area contributed by atoms with Crippen molar-refractivity contribution in [1.29, 1.82) is 0 Å². The van der Waals surface area contributed by atoms with Crippen molar-refractivity contribution in [2.75, 3.05) is 36.4 Å². The lowest BCUT2D eigenvalue weighted by Crippen LogP contribution is -2.48. The molecule has 9 nitrogen and oxygen atoms in total. The minimum absolute atomic E-state index is 0.0382. The van der Waals surface area contributed by atoms with Gasteiger partial charge in [0.1, 0.15) is 29.2 Å².